The van der Waals surface area contributed by atoms with Crippen LogP contribution in [-0.4, -0.2) is 41.8 Å². The Morgan fingerprint density at radius 1 is 1.42 bits per heavy atom. The average molecular weight is 466 g/mol. The summed E-state index contributed by atoms with van der Waals surface area (Å²) in [5, 5.41) is 11.8. The summed E-state index contributed by atoms with van der Waals surface area (Å²) in [7, 11) is 0. The number of thioether (sulfide) groups is 1. The number of aryl methyl sites for hydroxylation is 2. The highest BCUT2D eigenvalue weighted by Gasteiger charge is 2.24. The fourth-order valence-corrected chi connectivity index (χ4v) is 4.11. The van der Waals surface area contributed by atoms with E-state index in [1.165, 1.54) is 24.8 Å². The number of guanidine groups is 1. The quantitative estimate of drug-likeness (QED) is 0.379. The second-order valence-electron chi connectivity index (χ2n) is 6.37. The molecule has 1 saturated carbocycles. The summed E-state index contributed by atoms with van der Waals surface area (Å²) in [6.07, 6.45) is 5.96. The minimum absolute atomic E-state index is 0. The van der Waals surface area contributed by atoms with E-state index < -0.39 is 0 Å². The number of nitrogens with zero attached hydrogens (tertiary/aromatic N) is 2. The molecular weight excluding hydrogens is 435 g/mol. The van der Waals surface area contributed by atoms with Gasteiger partial charge in [-0.2, -0.15) is 11.8 Å². The Kier molecular flexibility index (Phi) is 9.48. The number of halogens is 1. The number of nitrogens with one attached hydrogen (secondary N) is 2. The van der Waals surface area contributed by atoms with E-state index in [0.29, 0.717) is 12.0 Å². The molecule has 5 nitrogen and oxygen atoms in total. The Labute approximate surface area is 167 Å². The maximum absolute atomic E-state index is 5.27. The van der Waals surface area contributed by atoms with Crippen LogP contribution in [0.15, 0.2) is 9.52 Å². The predicted molar refractivity (Wildman–Crippen MR) is 114 cm³/mol. The lowest BCUT2D eigenvalue weighted by atomic mass is 10.00. The highest BCUT2D eigenvalue weighted by molar-refractivity contribution is 14.0. The van der Waals surface area contributed by atoms with Gasteiger partial charge in [0.05, 0.1) is 5.69 Å². The Balaban J connectivity index is 0.00000288. The fourth-order valence-electron chi connectivity index (χ4n) is 3.31. The van der Waals surface area contributed by atoms with Crippen molar-refractivity contribution in [1.29, 1.82) is 0 Å². The SMILES string of the molecule is CCNC(=NCC(C)c1c(C)noc1C)NC1CCC(SC)C1.I. The van der Waals surface area contributed by atoms with Gasteiger partial charge in [0.1, 0.15) is 5.76 Å². The van der Waals surface area contributed by atoms with Gasteiger partial charge in [-0.1, -0.05) is 12.1 Å². The monoisotopic (exact) mass is 466 g/mol. The minimum Gasteiger partial charge on any atom is -0.361 e. The zero-order valence-corrected chi connectivity index (χ0v) is 18.5. The molecule has 0 saturated heterocycles. The van der Waals surface area contributed by atoms with Crippen LogP contribution in [0.4, 0.5) is 0 Å². The fraction of sp³-hybridized carbons (Fsp3) is 0.765. The lowest BCUT2D eigenvalue weighted by molar-refractivity contribution is 0.391. The van der Waals surface area contributed by atoms with Crippen LogP contribution in [0.2, 0.25) is 0 Å². The van der Waals surface area contributed by atoms with E-state index in [2.05, 4.69) is 35.9 Å². The van der Waals surface area contributed by atoms with E-state index in [9.17, 15) is 0 Å². The zero-order chi connectivity index (χ0) is 16.8. The number of aliphatic imine (C=N–C) groups is 1. The maximum atomic E-state index is 5.27. The first-order valence-corrected chi connectivity index (χ1v) is 9.84. The molecular formula is C17H31IN4OS. The van der Waals surface area contributed by atoms with E-state index in [4.69, 9.17) is 9.52 Å². The topological polar surface area (TPSA) is 62.5 Å². The molecule has 0 aromatic carbocycles. The van der Waals surface area contributed by atoms with Crippen LogP contribution in [0.5, 0.6) is 0 Å². The molecule has 0 amide bonds. The maximum Gasteiger partial charge on any atom is 0.191 e. The number of aromatic nitrogens is 1. The molecule has 3 atom stereocenters. The molecule has 7 heteroatoms. The van der Waals surface area contributed by atoms with Crippen LogP contribution in [0.3, 0.4) is 0 Å². The van der Waals surface area contributed by atoms with Crippen molar-refractivity contribution in [2.45, 2.75) is 64.2 Å². The van der Waals surface area contributed by atoms with E-state index in [-0.39, 0.29) is 24.0 Å². The molecule has 1 heterocycles. The molecule has 0 bridgehead atoms. The standard InChI is InChI=1S/C17H30N4OS.HI/c1-6-18-17(20-14-7-8-15(9-14)23-5)19-10-11(2)16-12(3)21-22-13(16)4;/h11,14-15H,6-10H2,1-5H3,(H2,18,19,20);1H. The van der Waals surface area contributed by atoms with Crippen molar-refractivity contribution < 1.29 is 4.52 Å². The second-order valence-corrected chi connectivity index (χ2v) is 7.51. The summed E-state index contributed by atoms with van der Waals surface area (Å²) in [4.78, 5) is 4.78. The van der Waals surface area contributed by atoms with Gasteiger partial charge in [0.25, 0.3) is 0 Å². The summed E-state index contributed by atoms with van der Waals surface area (Å²) in [6, 6.07) is 0.541. The van der Waals surface area contributed by atoms with Crippen LogP contribution in [0.25, 0.3) is 0 Å². The van der Waals surface area contributed by atoms with Crippen molar-refractivity contribution in [2.75, 3.05) is 19.3 Å². The van der Waals surface area contributed by atoms with E-state index in [1.54, 1.807) is 0 Å². The van der Waals surface area contributed by atoms with Crippen LogP contribution in [-0.2, 0) is 0 Å². The van der Waals surface area contributed by atoms with Crippen molar-refractivity contribution in [3.05, 3.63) is 17.0 Å². The third kappa shape index (κ3) is 5.82. The first kappa shape index (κ1) is 21.6. The minimum atomic E-state index is 0. The number of hydrogen-bond donors (Lipinski definition) is 2. The van der Waals surface area contributed by atoms with Crippen LogP contribution >= 0.6 is 35.7 Å². The molecule has 1 aliphatic carbocycles. The molecule has 2 rings (SSSR count). The summed E-state index contributed by atoms with van der Waals surface area (Å²) < 4.78 is 5.27. The van der Waals surface area contributed by atoms with Crippen LogP contribution < -0.4 is 10.6 Å². The third-order valence-corrected chi connectivity index (χ3v) is 5.60. The molecule has 0 radical (unpaired) electrons. The number of rotatable bonds is 6. The van der Waals surface area contributed by atoms with Gasteiger partial charge in [-0.05, 0) is 46.3 Å². The third-order valence-electron chi connectivity index (χ3n) is 4.51. The summed E-state index contributed by atoms with van der Waals surface area (Å²) in [5.41, 5.74) is 2.16. The molecule has 2 N–H and O–H groups in total. The molecule has 138 valence electrons. The van der Waals surface area contributed by atoms with Crippen molar-refractivity contribution in [3.8, 4) is 0 Å². The van der Waals surface area contributed by atoms with Crippen molar-refractivity contribution in [3.63, 3.8) is 0 Å². The van der Waals surface area contributed by atoms with Crippen molar-refractivity contribution in [1.82, 2.24) is 15.8 Å². The average Bonchev–Trinajstić information content (AvgIpc) is 3.11. The van der Waals surface area contributed by atoms with Gasteiger partial charge < -0.3 is 15.2 Å². The van der Waals surface area contributed by atoms with E-state index in [0.717, 1.165) is 35.8 Å². The Hall–Kier alpha value is -0.440. The van der Waals surface area contributed by atoms with Gasteiger partial charge in [0, 0.05) is 35.9 Å². The van der Waals surface area contributed by atoms with Gasteiger partial charge in [-0.15, -0.1) is 24.0 Å². The molecule has 0 aliphatic heterocycles. The lowest BCUT2D eigenvalue weighted by Gasteiger charge is -2.18. The molecule has 1 aliphatic rings. The zero-order valence-electron chi connectivity index (χ0n) is 15.4. The highest BCUT2D eigenvalue weighted by Crippen LogP contribution is 2.28. The molecule has 0 spiro atoms. The smallest absolute Gasteiger partial charge is 0.191 e. The molecule has 1 fully saturated rings. The Morgan fingerprint density at radius 3 is 2.71 bits per heavy atom. The molecule has 3 unspecified atom stereocenters. The normalized spacial score (nSPS) is 22.1. The van der Waals surface area contributed by atoms with Gasteiger partial charge in [0.2, 0.25) is 0 Å². The second kappa shape index (κ2) is 10.5. The van der Waals surface area contributed by atoms with Gasteiger partial charge in [-0.3, -0.25) is 4.99 Å². The van der Waals surface area contributed by atoms with E-state index >= 15 is 0 Å². The van der Waals surface area contributed by atoms with Crippen molar-refractivity contribution >= 4 is 41.7 Å². The first-order chi connectivity index (χ1) is 11.0. The summed E-state index contributed by atoms with van der Waals surface area (Å²) in [6.45, 7) is 9.87. The van der Waals surface area contributed by atoms with Crippen LogP contribution in [0, 0.1) is 13.8 Å². The largest absolute Gasteiger partial charge is 0.361 e. The molecule has 1 aromatic heterocycles. The Morgan fingerprint density at radius 2 is 2.17 bits per heavy atom. The highest BCUT2D eigenvalue weighted by atomic mass is 127. The van der Waals surface area contributed by atoms with Crippen LogP contribution in [0.1, 0.15) is 56.0 Å². The molecule has 24 heavy (non-hydrogen) atoms. The number of hydrogen-bond acceptors (Lipinski definition) is 4. The van der Waals surface area contributed by atoms with Gasteiger partial charge in [-0.25, -0.2) is 0 Å². The molecule has 1 aromatic rings. The van der Waals surface area contributed by atoms with Gasteiger partial charge >= 0.3 is 0 Å². The predicted octanol–water partition coefficient (Wildman–Crippen LogP) is 3.85. The Bertz CT molecular complexity index is 515. The van der Waals surface area contributed by atoms with E-state index in [1.807, 2.05) is 25.6 Å². The summed E-state index contributed by atoms with van der Waals surface area (Å²) in [5.74, 6) is 2.14. The summed E-state index contributed by atoms with van der Waals surface area (Å²) >= 11 is 1.98. The van der Waals surface area contributed by atoms with Crippen molar-refractivity contribution in [2.24, 2.45) is 4.99 Å². The first-order valence-electron chi connectivity index (χ1n) is 8.55. The lowest BCUT2D eigenvalue weighted by Crippen LogP contribution is -2.42. The van der Waals surface area contributed by atoms with Gasteiger partial charge in [0.15, 0.2) is 5.96 Å².